The second-order valence-corrected chi connectivity index (χ2v) is 5.04. The first kappa shape index (κ1) is 15.5. The van der Waals surface area contributed by atoms with Gasteiger partial charge in [-0.25, -0.2) is 0 Å². The van der Waals surface area contributed by atoms with Crippen LogP contribution in [0.5, 0.6) is 0 Å². The lowest BCUT2D eigenvalue weighted by Gasteiger charge is -2.32. The number of anilines is 1. The van der Waals surface area contributed by atoms with Crippen molar-refractivity contribution in [2.24, 2.45) is 0 Å². The minimum Gasteiger partial charge on any atom is -0.480 e. The number of hydrogen-bond acceptors (Lipinski definition) is 3. The number of carboxylic acid groups (broad SMARTS) is 1. The Morgan fingerprint density at radius 3 is 2.32 bits per heavy atom. The minimum absolute atomic E-state index is 0.418. The third-order valence-corrected chi connectivity index (χ3v) is 3.38. The molecule has 0 amide bonds. The van der Waals surface area contributed by atoms with Gasteiger partial charge in [0.25, 0.3) is 0 Å². The first-order valence-electron chi connectivity index (χ1n) is 6.71. The monoisotopic (exact) mass is 264 g/mol. The quantitative estimate of drug-likeness (QED) is 0.792. The van der Waals surface area contributed by atoms with Gasteiger partial charge < -0.3 is 15.3 Å². The average molecular weight is 264 g/mol. The predicted molar refractivity (Wildman–Crippen MR) is 78.8 cm³/mol. The summed E-state index contributed by atoms with van der Waals surface area (Å²) < 4.78 is 0. The molecule has 1 unspecified atom stereocenters. The van der Waals surface area contributed by atoms with Crippen molar-refractivity contribution >= 4 is 11.7 Å². The van der Waals surface area contributed by atoms with Crippen molar-refractivity contribution in [3.05, 3.63) is 29.8 Å². The van der Waals surface area contributed by atoms with Gasteiger partial charge in [-0.1, -0.05) is 26.0 Å². The number of rotatable bonds is 7. The molecule has 0 spiro atoms. The molecule has 19 heavy (non-hydrogen) atoms. The van der Waals surface area contributed by atoms with E-state index in [1.54, 1.807) is 6.92 Å². The van der Waals surface area contributed by atoms with Crippen LogP contribution in [0, 0.1) is 0 Å². The Hall–Kier alpha value is -1.55. The Labute approximate surface area is 115 Å². The van der Waals surface area contributed by atoms with Crippen LogP contribution in [0.15, 0.2) is 24.3 Å². The van der Waals surface area contributed by atoms with E-state index < -0.39 is 11.5 Å². The molecule has 0 heterocycles. The van der Waals surface area contributed by atoms with Crippen molar-refractivity contribution in [3.63, 3.8) is 0 Å². The Kier molecular flexibility index (Phi) is 5.36. The first-order valence-corrected chi connectivity index (χ1v) is 6.71. The maximum atomic E-state index is 11.4. The van der Waals surface area contributed by atoms with Crippen LogP contribution in [0.25, 0.3) is 0 Å². The van der Waals surface area contributed by atoms with Gasteiger partial charge in [-0.05, 0) is 37.6 Å². The number of hydrogen-bond donors (Lipinski definition) is 2. The van der Waals surface area contributed by atoms with E-state index in [0.717, 1.165) is 12.1 Å². The number of nitrogens with zero attached hydrogens (tertiary/aromatic N) is 1. The molecule has 0 aliphatic rings. The molecular formula is C15H24N2O2. The van der Waals surface area contributed by atoms with Crippen LogP contribution < -0.4 is 10.2 Å². The van der Waals surface area contributed by atoms with Gasteiger partial charge >= 0.3 is 5.97 Å². The maximum absolute atomic E-state index is 11.4. The van der Waals surface area contributed by atoms with Crippen LogP contribution in [0.4, 0.5) is 5.69 Å². The molecule has 0 bridgehead atoms. The summed E-state index contributed by atoms with van der Waals surface area (Å²) in [5.74, 6) is -0.827. The zero-order valence-electron chi connectivity index (χ0n) is 12.2. The highest BCUT2D eigenvalue weighted by molar-refractivity contribution is 5.79. The molecule has 1 aromatic carbocycles. The van der Waals surface area contributed by atoms with Crippen molar-refractivity contribution < 1.29 is 9.90 Å². The summed E-state index contributed by atoms with van der Waals surface area (Å²) in [5.41, 5.74) is 1.37. The van der Waals surface area contributed by atoms with Gasteiger partial charge in [0.2, 0.25) is 0 Å². The predicted octanol–water partition coefficient (Wildman–Crippen LogP) is 2.14. The van der Waals surface area contributed by atoms with Crippen LogP contribution >= 0.6 is 0 Å². The molecule has 0 aromatic heterocycles. The zero-order valence-corrected chi connectivity index (χ0v) is 12.2. The fourth-order valence-electron chi connectivity index (χ4n) is 2.14. The van der Waals surface area contributed by atoms with Gasteiger partial charge in [0.15, 0.2) is 0 Å². The lowest BCUT2D eigenvalue weighted by molar-refractivity contribution is -0.143. The smallest absolute Gasteiger partial charge is 0.325 e. The molecule has 0 aliphatic carbocycles. The highest BCUT2D eigenvalue weighted by atomic mass is 16.4. The minimum atomic E-state index is -0.938. The SMILES string of the molecule is CCNC(C)(CN(C)c1ccc(CC)cc1)C(=O)O. The molecule has 0 fully saturated rings. The molecule has 1 rings (SSSR count). The number of carboxylic acids is 1. The third kappa shape index (κ3) is 3.96. The fourth-order valence-corrected chi connectivity index (χ4v) is 2.14. The van der Waals surface area contributed by atoms with Gasteiger partial charge in [-0.2, -0.15) is 0 Å². The van der Waals surface area contributed by atoms with E-state index in [9.17, 15) is 9.90 Å². The summed E-state index contributed by atoms with van der Waals surface area (Å²) in [4.78, 5) is 13.4. The number of nitrogens with one attached hydrogen (secondary N) is 1. The summed E-state index contributed by atoms with van der Waals surface area (Å²) in [6.07, 6.45) is 1.01. The number of likely N-dealkylation sites (N-methyl/N-ethyl adjacent to an activating group) is 2. The van der Waals surface area contributed by atoms with Gasteiger partial charge in [0.1, 0.15) is 5.54 Å². The van der Waals surface area contributed by atoms with Gasteiger partial charge in [-0.15, -0.1) is 0 Å². The van der Waals surface area contributed by atoms with Crippen molar-refractivity contribution in [2.45, 2.75) is 32.7 Å². The second-order valence-electron chi connectivity index (χ2n) is 5.04. The highest BCUT2D eigenvalue weighted by Gasteiger charge is 2.33. The van der Waals surface area contributed by atoms with E-state index in [4.69, 9.17) is 0 Å². The summed E-state index contributed by atoms with van der Waals surface area (Å²) in [6.45, 7) is 6.80. The molecular weight excluding hydrogens is 240 g/mol. The molecule has 4 heteroatoms. The van der Waals surface area contributed by atoms with Gasteiger partial charge in [0.05, 0.1) is 0 Å². The normalized spacial score (nSPS) is 13.9. The zero-order chi connectivity index (χ0) is 14.5. The first-order chi connectivity index (χ1) is 8.92. The molecule has 1 atom stereocenters. The standard InChI is InChI=1S/C15H24N2O2/c1-5-12-7-9-13(10-8-12)17(4)11-15(3,14(18)19)16-6-2/h7-10,16H,5-6,11H2,1-4H3,(H,18,19). The highest BCUT2D eigenvalue weighted by Crippen LogP contribution is 2.17. The van der Waals surface area contributed by atoms with E-state index in [1.165, 1.54) is 5.56 Å². The molecule has 0 aliphatic heterocycles. The van der Waals surface area contributed by atoms with E-state index in [0.29, 0.717) is 13.1 Å². The van der Waals surface area contributed by atoms with Gasteiger partial charge in [0, 0.05) is 19.3 Å². The Morgan fingerprint density at radius 1 is 1.32 bits per heavy atom. The lowest BCUT2D eigenvalue weighted by atomic mass is 10.0. The Balaban J connectivity index is 2.81. The Bertz CT molecular complexity index is 417. The van der Waals surface area contributed by atoms with E-state index in [2.05, 4.69) is 24.4 Å². The second kappa shape index (κ2) is 6.57. The lowest BCUT2D eigenvalue weighted by Crippen LogP contribution is -2.56. The van der Waals surface area contributed by atoms with Crippen LogP contribution in [-0.2, 0) is 11.2 Å². The largest absolute Gasteiger partial charge is 0.480 e. The van der Waals surface area contributed by atoms with Gasteiger partial charge in [-0.3, -0.25) is 4.79 Å². The van der Waals surface area contributed by atoms with Crippen LogP contribution in [-0.4, -0.2) is 36.8 Å². The average Bonchev–Trinajstić information content (AvgIpc) is 2.38. The van der Waals surface area contributed by atoms with Crippen LogP contribution in [0.3, 0.4) is 0 Å². The Morgan fingerprint density at radius 2 is 1.89 bits per heavy atom. The number of carbonyl (C=O) groups is 1. The third-order valence-electron chi connectivity index (χ3n) is 3.38. The topological polar surface area (TPSA) is 52.6 Å². The fraction of sp³-hybridized carbons (Fsp3) is 0.533. The summed E-state index contributed by atoms with van der Waals surface area (Å²) in [7, 11) is 1.92. The van der Waals surface area contributed by atoms with Crippen molar-refractivity contribution in [3.8, 4) is 0 Å². The molecule has 0 saturated heterocycles. The molecule has 2 N–H and O–H groups in total. The number of aryl methyl sites for hydroxylation is 1. The van der Waals surface area contributed by atoms with E-state index >= 15 is 0 Å². The molecule has 0 radical (unpaired) electrons. The van der Waals surface area contributed by atoms with E-state index in [1.807, 2.05) is 31.0 Å². The van der Waals surface area contributed by atoms with Crippen molar-refractivity contribution in [1.29, 1.82) is 0 Å². The van der Waals surface area contributed by atoms with Crippen LogP contribution in [0.2, 0.25) is 0 Å². The number of benzene rings is 1. The molecule has 1 aromatic rings. The molecule has 106 valence electrons. The molecule has 0 saturated carbocycles. The summed E-state index contributed by atoms with van der Waals surface area (Å²) in [6, 6.07) is 8.23. The summed E-state index contributed by atoms with van der Waals surface area (Å²) >= 11 is 0. The maximum Gasteiger partial charge on any atom is 0.325 e. The van der Waals surface area contributed by atoms with E-state index in [-0.39, 0.29) is 0 Å². The number of aliphatic carboxylic acids is 1. The van der Waals surface area contributed by atoms with Crippen molar-refractivity contribution in [2.75, 3.05) is 25.0 Å². The van der Waals surface area contributed by atoms with Crippen LogP contribution in [0.1, 0.15) is 26.3 Å². The van der Waals surface area contributed by atoms with Crippen molar-refractivity contribution in [1.82, 2.24) is 5.32 Å². The summed E-state index contributed by atoms with van der Waals surface area (Å²) in [5, 5.41) is 12.4. The molecule has 4 nitrogen and oxygen atoms in total.